The van der Waals surface area contributed by atoms with E-state index in [-0.39, 0.29) is 17.7 Å². The second-order valence-corrected chi connectivity index (χ2v) is 7.95. The zero-order valence-corrected chi connectivity index (χ0v) is 18.1. The number of rotatable bonds is 4. The minimum absolute atomic E-state index is 0.337. The van der Waals surface area contributed by atoms with Crippen molar-refractivity contribution in [3.63, 3.8) is 0 Å². The van der Waals surface area contributed by atoms with Gasteiger partial charge in [-0.2, -0.15) is 0 Å². The van der Waals surface area contributed by atoms with Crippen molar-refractivity contribution in [3.05, 3.63) is 100 Å². The van der Waals surface area contributed by atoms with Crippen LogP contribution >= 0.6 is 15.9 Å². The van der Waals surface area contributed by atoms with Gasteiger partial charge in [-0.25, -0.2) is 4.90 Å². The normalized spacial score (nSPS) is 13.2. The van der Waals surface area contributed by atoms with E-state index in [2.05, 4.69) is 21.2 Å². The molecule has 156 valence electrons. The summed E-state index contributed by atoms with van der Waals surface area (Å²) >= 11 is 3.21. The second-order valence-electron chi connectivity index (χ2n) is 7.17. The molecule has 0 unspecified atom stereocenters. The number of nitrogens with zero attached hydrogens (tertiary/aromatic N) is 1. The summed E-state index contributed by atoms with van der Waals surface area (Å²) in [6.07, 6.45) is 2.91. The van der Waals surface area contributed by atoms with Gasteiger partial charge in [0.1, 0.15) is 5.76 Å². The Hall–Kier alpha value is -3.97. The largest absolute Gasteiger partial charge is 0.450 e. The number of carbonyl (C=O) groups excluding carboxylic acids is 3. The Morgan fingerprint density at radius 2 is 1.53 bits per heavy atom. The fraction of sp³-hybridized carbons (Fsp3) is 0. The van der Waals surface area contributed by atoms with Crippen LogP contribution in [0.25, 0.3) is 16.8 Å². The van der Waals surface area contributed by atoms with Crippen molar-refractivity contribution >= 4 is 61.9 Å². The summed E-state index contributed by atoms with van der Waals surface area (Å²) < 4.78 is 5.89. The molecule has 1 aliphatic heterocycles. The van der Waals surface area contributed by atoms with Gasteiger partial charge in [0, 0.05) is 28.3 Å². The third kappa shape index (κ3) is 3.52. The zero-order valence-electron chi connectivity index (χ0n) is 16.5. The van der Waals surface area contributed by atoms with Crippen molar-refractivity contribution in [1.82, 2.24) is 0 Å². The van der Waals surface area contributed by atoms with Gasteiger partial charge in [0.05, 0.1) is 5.69 Å². The molecule has 3 amide bonds. The van der Waals surface area contributed by atoms with Crippen LogP contribution in [0.1, 0.15) is 26.5 Å². The van der Waals surface area contributed by atoms with Crippen molar-refractivity contribution < 1.29 is 18.8 Å². The predicted octanol–water partition coefficient (Wildman–Crippen LogP) is 5.65. The van der Waals surface area contributed by atoms with Crippen LogP contribution in [0.5, 0.6) is 0 Å². The highest BCUT2D eigenvalue weighted by molar-refractivity contribution is 9.10. The zero-order chi connectivity index (χ0) is 22.2. The summed E-state index contributed by atoms with van der Waals surface area (Å²) in [4.78, 5) is 39.5. The molecule has 1 aromatic heterocycles. The maximum atomic E-state index is 13.1. The van der Waals surface area contributed by atoms with Crippen LogP contribution in [-0.2, 0) is 4.79 Å². The Bertz CT molecular complexity index is 1370. The van der Waals surface area contributed by atoms with Gasteiger partial charge in [-0.1, -0.05) is 24.3 Å². The summed E-state index contributed by atoms with van der Waals surface area (Å²) in [5.74, 6) is -0.539. The van der Waals surface area contributed by atoms with E-state index in [0.717, 1.165) is 10.3 Å². The molecule has 7 heteroatoms. The lowest BCUT2D eigenvalue weighted by Gasteiger charge is -2.27. The first-order chi connectivity index (χ1) is 15.5. The highest BCUT2D eigenvalue weighted by Gasteiger charge is 2.33. The van der Waals surface area contributed by atoms with E-state index >= 15 is 0 Å². The minimum atomic E-state index is -0.372. The highest BCUT2D eigenvalue weighted by atomic mass is 79.9. The summed E-state index contributed by atoms with van der Waals surface area (Å²) in [6.45, 7) is 0. The van der Waals surface area contributed by atoms with Crippen molar-refractivity contribution in [2.45, 2.75) is 0 Å². The smallest absolute Gasteiger partial charge is 0.265 e. The first kappa shape index (κ1) is 20.0. The highest BCUT2D eigenvalue weighted by Crippen LogP contribution is 2.33. The van der Waals surface area contributed by atoms with E-state index in [4.69, 9.17) is 4.42 Å². The van der Waals surface area contributed by atoms with E-state index in [1.54, 1.807) is 66.7 Å². The number of halogens is 1. The maximum Gasteiger partial charge on any atom is 0.265 e. The van der Waals surface area contributed by atoms with Crippen LogP contribution in [0.15, 0.2) is 88.0 Å². The van der Waals surface area contributed by atoms with Crippen LogP contribution in [0.3, 0.4) is 0 Å². The summed E-state index contributed by atoms with van der Waals surface area (Å²) in [7, 11) is 0. The standard InChI is InChI=1S/C25H15BrN2O4/c26-21-13-11-18(32-21)12-14-22(29)27-16-7-9-17(10-8-16)28-24(30)19-5-1-3-15-4-2-6-20(23(15)19)25(28)31/h1-14H,(H,27,29)/b14-12+. The molecule has 0 bridgehead atoms. The molecule has 3 aromatic carbocycles. The minimum Gasteiger partial charge on any atom is -0.450 e. The number of nitrogens with one attached hydrogen (secondary N) is 1. The van der Waals surface area contributed by atoms with Crippen molar-refractivity contribution in [3.8, 4) is 0 Å². The molecular formula is C25H15BrN2O4. The van der Waals surface area contributed by atoms with E-state index in [1.807, 2.05) is 12.1 Å². The van der Waals surface area contributed by atoms with E-state index in [0.29, 0.717) is 38.3 Å². The summed E-state index contributed by atoms with van der Waals surface area (Å²) in [6, 6.07) is 20.9. The van der Waals surface area contributed by atoms with Crippen LogP contribution < -0.4 is 10.2 Å². The third-order valence-corrected chi connectivity index (χ3v) is 5.58. The topological polar surface area (TPSA) is 79.6 Å². The first-order valence-electron chi connectivity index (χ1n) is 9.76. The van der Waals surface area contributed by atoms with Crippen LogP contribution in [0.4, 0.5) is 11.4 Å². The molecule has 6 nitrogen and oxygen atoms in total. The molecule has 5 rings (SSSR count). The molecule has 0 saturated carbocycles. The molecule has 1 N–H and O–H groups in total. The fourth-order valence-corrected chi connectivity index (χ4v) is 4.04. The lowest BCUT2D eigenvalue weighted by molar-refractivity contribution is -0.111. The van der Waals surface area contributed by atoms with Crippen molar-refractivity contribution in [1.29, 1.82) is 0 Å². The van der Waals surface area contributed by atoms with Gasteiger partial charge in [0.2, 0.25) is 5.91 Å². The Morgan fingerprint density at radius 3 is 2.12 bits per heavy atom. The van der Waals surface area contributed by atoms with Crippen molar-refractivity contribution in [2.24, 2.45) is 0 Å². The number of hydrogen-bond acceptors (Lipinski definition) is 4. The Kier molecular flexibility index (Phi) is 4.95. The summed E-state index contributed by atoms with van der Waals surface area (Å²) in [5.41, 5.74) is 1.94. The van der Waals surface area contributed by atoms with E-state index in [9.17, 15) is 14.4 Å². The average molecular weight is 487 g/mol. The monoisotopic (exact) mass is 486 g/mol. The predicted molar refractivity (Wildman–Crippen MR) is 126 cm³/mol. The van der Waals surface area contributed by atoms with Gasteiger partial charge in [-0.05, 0) is 75.9 Å². The van der Waals surface area contributed by atoms with E-state index < -0.39 is 0 Å². The number of imide groups is 1. The molecule has 4 aromatic rings. The van der Waals surface area contributed by atoms with Gasteiger partial charge in [0.25, 0.3) is 11.8 Å². The molecule has 2 heterocycles. The Morgan fingerprint density at radius 1 is 0.875 bits per heavy atom. The molecule has 1 aliphatic rings. The second kappa shape index (κ2) is 7.94. The molecule has 0 radical (unpaired) electrons. The fourth-order valence-electron chi connectivity index (χ4n) is 3.72. The van der Waals surface area contributed by atoms with Gasteiger partial charge in [0.15, 0.2) is 4.67 Å². The van der Waals surface area contributed by atoms with Crippen LogP contribution in [0, 0.1) is 0 Å². The Labute approximate surface area is 191 Å². The molecule has 32 heavy (non-hydrogen) atoms. The molecule has 0 spiro atoms. The van der Waals surface area contributed by atoms with Crippen molar-refractivity contribution in [2.75, 3.05) is 10.2 Å². The number of furan rings is 1. The number of hydrogen-bond donors (Lipinski definition) is 1. The molecule has 0 aliphatic carbocycles. The maximum absolute atomic E-state index is 13.1. The lowest BCUT2D eigenvalue weighted by Crippen LogP contribution is -2.40. The first-order valence-corrected chi connectivity index (χ1v) is 10.6. The molecular weight excluding hydrogens is 472 g/mol. The van der Waals surface area contributed by atoms with Gasteiger partial charge in [-0.3, -0.25) is 14.4 Å². The van der Waals surface area contributed by atoms with Gasteiger partial charge < -0.3 is 9.73 Å². The third-order valence-electron chi connectivity index (χ3n) is 5.16. The average Bonchev–Trinajstić information content (AvgIpc) is 3.22. The number of anilines is 2. The Balaban J connectivity index is 1.37. The number of carbonyl (C=O) groups is 3. The molecule has 0 fully saturated rings. The van der Waals surface area contributed by atoms with Crippen LogP contribution in [0.2, 0.25) is 0 Å². The molecule has 0 saturated heterocycles. The number of benzene rings is 3. The van der Waals surface area contributed by atoms with Crippen LogP contribution in [-0.4, -0.2) is 17.7 Å². The lowest BCUT2D eigenvalue weighted by atomic mass is 9.94. The SMILES string of the molecule is O=C(/C=C/c1ccc(Br)o1)Nc1ccc(N2C(=O)c3cccc4cccc(c34)C2=O)cc1. The summed E-state index contributed by atoms with van der Waals surface area (Å²) in [5, 5.41) is 4.27. The number of amides is 3. The van der Waals surface area contributed by atoms with Gasteiger partial charge in [-0.15, -0.1) is 0 Å². The quantitative estimate of drug-likeness (QED) is 0.298. The van der Waals surface area contributed by atoms with E-state index in [1.165, 1.54) is 6.08 Å². The molecule has 0 atom stereocenters. The van der Waals surface area contributed by atoms with Gasteiger partial charge >= 0.3 is 0 Å².